The number of hydrogen-bond acceptors (Lipinski definition) is 19. The molecule has 0 aliphatic rings. The minimum absolute atomic E-state index is 0.00950. The lowest BCUT2D eigenvalue weighted by atomic mass is 9.94. The van der Waals surface area contributed by atoms with E-state index in [0.29, 0.717) is 36.3 Å². The Morgan fingerprint density at radius 1 is 0.588 bits per heavy atom. The number of hydrogen-bond donors (Lipinski definition) is 1. The van der Waals surface area contributed by atoms with Gasteiger partial charge in [0.2, 0.25) is 0 Å². The van der Waals surface area contributed by atoms with Crippen LogP contribution in [0.25, 0.3) is 20.2 Å². The Bertz CT molecular complexity index is 1940. The Morgan fingerprint density at radius 3 is 1.43 bits per heavy atom. The number of rotatable bonds is 36. The van der Waals surface area contributed by atoms with Gasteiger partial charge in [0.25, 0.3) is 5.91 Å². The van der Waals surface area contributed by atoms with Gasteiger partial charge in [0.1, 0.15) is 25.6 Å². The smallest absolute Gasteiger partial charge is 0.330 e. The normalized spacial score (nSPS) is 13.2. The van der Waals surface area contributed by atoms with Gasteiger partial charge in [-0.2, -0.15) is 0 Å². The van der Waals surface area contributed by atoms with E-state index >= 15 is 0 Å². The molecule has 0 saturated heterocycles. The third kappa shape index (κ3) is 25.9. The van der Waals surface area contributed by atoms with Crippen LogP contribution in [0.3, 0.4) is 0 Å². The molecule has 0 radical (unpaired) electrons. The van der Waals surface area contributed by atoms with Gasteiger partial charge in [-0.1, -0.05) is 38.8 Å². The van der Waals surface area contributed by atoms with Gasteiger partial charge in [0, 0.05) is 50.9 Å². The number of carbonyl (C=O) groups excluding carboxylic acids is 4. The molecule has 1 aromatic heterocycles. The molecule has 0 aliphatic carbocycles. The molecule has 3 atom stereocenters. The Kier molecular flexibility index (Phi) is 30.4. The highest BCUT2D eigenvalue weighted by Gasteiger charge is 2.29. The second-order valence-corrected chi connectivity index (χ2v) is 15.6. The predicted molar refractivity (Wildman–Crippen MR) is 253 cm³/mol. The SMILES string of the molecule is C=CC(=O)OCCOCCOC(C)OCC(C)(COC(C)OCCOCCOC(=O)C=C)COC(C)OCCOCCOC(=O)C=C.CNC(=O)COc1ccc2sc3ccccc3c(=O)c2c1. The minimum Gasteiger partial charge on any atom is -0.484 e. The zero-order valence-electron chi connectivity index (χ0n) is 39.7. The van der Waals surface area contributed by atoms with E-state index in [1.54, 1.807) is 51.3 Å². The molecule has 1 amide bonds. The van der Waals surface area contributed by atoms with Crippen molar-refractivity contribution in [2.45, 2.75) is 46.6 Å². The first-order valence-corrected chi connectivity index (χ1v) is 22.6. The van der Waals surface area contributed by atoms with Crippen molar-refractivity contribution in [1.29, 1.82) is 0 Å². The topological polar surface area (TPSA) is 217 Å². The lowest BCUT2D eigenvalue weighted by Crippen LogP contribution is -2.39. The first-order valence-electron chi connectivity index (χ1n) is 21.8. The molecule has 378 valence electrons. The minimum atomic E-state index is -0.616. The second-order valence-electron chi connectivity index (χ2n) is 14.6. The van der Waals surface area contributed by atoms with Gasteiger partial charge in [-0.15, -0.1) is 11.3 Å². The van der Waals surface area contributed by atoms with Crippen molar-refractivity contribution in [3.63, 3.8) is 0 Å². The Labute approximate surface area is 401 Å². The van der Waals surface area contributed by atoms with Gasteiger partial charge in [-0.05, 0) is 51.1 Å². The van der Waals surface area contributed by atoms with E-state index in [4.69, 9.17) is 61.6 Å². The largest absolute Gasteiger partial charge is 0.484 e. The summed E-state index contributed by atoms with van der Waals surface area (Å²) in [6.45, 7) is 20.6. The van der Waals surface area contributed by atoms with Crippen LogP contribution in [0.4, 0.5) is 0 Å². The maximum atomic E-state index is 12.5. The van der Waals surface area contributed by atoms with Crippen molar-refractivity contribution in [2.75, 3.05) is 113 Å². The summed E-state index contributed by atoms with van der Waals surface area (Å²) in [5.74, 6) is -1.21. The van der Waals surface area contributed by atoms with Gasteiger partial charge in [-0.3, -0.25) is 9.59 Å². The predicted octanol–water partition coefficient (Wildman–Crippen LogP) is 4.91. The summed E-state index contributed by atoms with van der Waals surface area (Å²) in [6, 6.07) is 12.9. The monoisotopic (exact) mass is 977 g/mol. The van der Waals surface area contributed by atoms with Crippen LogP contribution in [0.2, 0.25) is 0 Å². The van der Waals surface area contributed by atoms with E-state index in [0.717, 1.165) is 27.6 Å². The quantitative estimate of drug-likeness (QED) is 0.0205. The molecule has 3 unspecified atom stereocenters. The molecule has 19 nitrogen and oxygen atoms in total. The molecule has 20 heteroatoms. The van der Waals surface area contributed by atoms with Gasteiger partial charge in [0.15, 0.2) is 30.9 Å². The summed E-state index contributed by atoms with van der Waals surface area (Å²) >= 11 is 1.57. The van der Waals surface area contributed by atoms with Crippen molar-refractivity contribution in [3.8, 4) is 5.75 Å². The zero-order valence-corrected chi connectivity index (χ0v) is 40.5. The molecule has 0 saturated carbocycles. The molecule has 0 fully saturated rings. The molecule has 3 aromatic rings. The van der Waals surface area contributed by atoms with Crippen LogP contribution in [0.5, 0.6) is 5.75 Å². The molecule has 2 aromatic carbocycles. The number of fused-ring (bicyclic) bond motifs is 2. The number of amides is 1. The van der Waals surface area contributed by atoms with E-state index < -0.39 is 42.2 Å². The molecule has 68 heavy (non-hydrogen) atoms. The molecular formula is C48H67NO18S. The fraction of sp³-hybridized carbons (Fsp3) is 0.521. The lowest BCUT2D eigenvalue weighted by molar-refractivity contribution is -0.212. The zero-order chi connectivity index (χ0) is 50.0. The van der Waals surface area contributed by atoms with Crippen molar-refractivity contribution in [1.82, 2.24) is 5.32 Å². The number of carbonyl (C=O) groups is 4. The van der Waals surface area contributed by atoms with Gasteiger partial charge < -0.3 is 66.9 Å². The first kappa shape index (κ1) is 59.0. The Morgan fingerprint density at radius 2 is 1.00 bits per heavy atom. The summed E-state index contributed by atoms with van der Waals surface area (Å²) < 4.78 is 72.8. The molecule has 1 heterocycles. The van der Waals surface area contributed by atoms with Gasteiger partial charge >= 0.3 is 17.9 Å². The van der Waals surface area contributed by atoms with E-state index in [1.165, 1.54) is 0 Å². The Balaban J connectivity index is 0.000000616. The number of nitrogens with one attached hydrogen (secondary N) is 1. The molecular weight excluding hydrogens is 911 g/mol. The summed E-state index contributed by atoms with van der Waals surface area (Å²) in [4.78, 5) is 56.8. The van der Waals surface area contributed by atoms with E-state index in [-0.39, 0.29) is 97.2 Å². The number of likely N-dealkylation sites (N-methyl/N-ethyl adjacent to an activating group) is 1. The van der Waals surface area contributed by atoms with Crippen molar-refractivity contribution in [2.24, 2.45) is 5.41 Å². The number of esters is 3. The van der Waals surface area contributed by atoms with E-state index in [1.807, 2.05) is 37.3 Å². The molecule has 0 bridgehead atoms. The number of benzene rings is 2. The highest BCUT2D eigenvalue weighted by molar-refractivity contribution is 7.24. The third-order valence-electron chi connectivity index (χ3n) is 8.85. The fourth-order valence-corrected chi connectivity index (χ4v) is 6.28. The summed E-state index contributed by atoms with van der Waals surface area (Å²) in [5, 5.41) is 3.81. The molecule has 0 aliphatic heterocycles. The molecule has 1 N–H and O–H groups in total. The standard InChI is InChI=1S/C32H54O15.C16H13NO3S/c1-8-29(33)42-20-14-36-11-17-39-26(4)45-23-32(7,24-46-27(5)40-18-12-37-15-21-43-30(34)9-2)25-47-28(6)41-19-13-38-16-22-44-31(35)10-3;1-17-15(18)9-20-10-6-7-14-12(8-10)16(19)11-4-2-3-5-13(11)21-14/h8-10,26-28H,1-3,11-25H2,4-7H3;2-8H,9H2,1H3,(H,17,18). The van der Waals surface area contributed by atoms with E-state index in [9.17, 15) is 24.0 Å². The van der Waals surface area contributed by atoms with Gasteiger partial charge in [-0.25, -0.2) is 14.4 Å². The first-order chi connectivity index (χ1) is 32.7. The maximum absolute atomic E-state index is 12.5. The average Bonchev–Trinajstić information content (AvgIpc) is 3.35. The molecule has 3 rings (SSSR count). The number of ether oxygens (including phenoxy) is 13. The summed E-state index contributed by atoms with van der Waals surface area (Å²) in [7, 11) is 1.55. The highest BCUT2D eigenvalue weighted by Crippen LogP contribution is 2.27. The van der Waals surface area contributed by atoms with Crippen LogP contribution < -0.4 is 15.5 Å². The van der Waals surface area contributed by atoms with Crippen molar-refractivity contribution >= 4 is 55.3 Å². The summed E-state index contributed by atoms with van der Waals surface area (Å²) in [6.07, 6.45) is 1.61. The highest BCUT2D eigenvalue weighted by atomic mass is 32.1. The van der Waals surface area contributed by atoms with Crippen LogP contribution in [-0.4, -0.2) is 155 Å². The third-order valence-corrected chi connectivity index (χ3v) is 10.0. The van der Waals surface area contributed by atoms with Crippen molar-refractivity contribution < 1.29 is 80.8 Å². The van der Waals surface area contributed by atoms with Gasteiger partial charge in [0.05, 0.1) is 79.3 Å². The molecule has 0 spiro atoms. The fourth-order valence-electron chi connectivity index (χ4n) is 5.22. The Hall–Kier alpha value is -5.13. The van der Waals surface area contributed by atoms with E-state index in [2.05, 4.69) is 25.1 Å². The van der Waals surface area contributed by atoms with Crippen LogP contribution in [0, 0.1) is 5.41 Å². The second kappa shape index (κ2) is 35.1. The van der Waals surface area contributed by atoms with Crippen LogP contribution in [0.1, 0.15) is 27.7 Å². The lowest BCUT2D eigenvalue weighted by Gasteiger charge is -2.32. The van der Waals surface area contributed by atoms with Crippen LogP contribution in [0.15, 0.2) is 85.2 Å². The summed E-state index contributed by atoms with van der Waals surface area (Å²) in [5.41, 5.74) is -0.625. The van der Waals surface area contributed by atoms with Crippen molar-refractivity contribution in [3.05, 3.63) is 90.7 Å². The maximum Gasteiger partial charge on any atom is 0.330 e. The average molecular weight is 978 g/mol. The van der Waals surface area contributed by atoms with Crippen LogP contribution in [-0.2, 0) is 76.0 Å². The van der Waals surface area contributed by atoms with Crippen LogP contribution >= 0.6 is 11.3 Å².